The van der Waals surface area contributed by atoms with E-state index in [9.17, 15) is 4.79 Å². The summed E-state index contributed by atoms with van der Waals surface area (Å²) in [4.78, 5) is 13.7. The lowest BCUT2D eigenvalue weighted by Gasteiger charge is -2.05. The number of hydrogen-bond acceptors (Lipinski definition) is 2. The van der Waals surface area contributed by atoms with Crippen molar-refractivity contribution in [1.29, 1.82) is 0 Å². The quantitative estimate of drug-likeness (QED) is 0.763. The van der Waals surface area contributed by atoms with Crippen LogP contribution >= 0.6 is 11.6 Å². The first kappa shape index (κ1) is 11.0. The molecule has 0 aliphatic carbocycles. The molecule has 0 spiro atoms. The van der Waals surface area contributed by atoms with Gasteiger partial charge in [0.15, 0.2) is 0 Å². The van der Waals surface area contributed by atoms with Crippen molar-refractivity contribution in [3.63, 3.8) is 0 Å². The van der Waals surface area contributed by atoms with Crippen LogP contribution in [0.25, 0.3) is 10.9 Å². The van der Waals surface area contributed by atoms with E-state index in [2.05, 4.69) is 4.98 Å². The summed E-state index contributed by atoms with van der Waals surface area (Å²) in [5.41, 5.74) is 7.14. The number of halogens is 1. The SMILES string of the molecule is N[C@@H](Cc1c(Cl)[nH]c2ccccc12)C(=O)O. The summed E-state index contributed by atoms with van der Waals surface area (Å²) in [7, 11) is 0. The lowest BCUT2D eigenvalue weighted by Crippen LogP contribution is -2.32. The summed E-state index contributed by atoms with van der Waals surface area (Å²) in [5.74, 6) is -1.03. The molecule has 4 nitrogen and oxygen atoms in total. The van der Waals surface area contributed by atoms with Gasteiger partial charge in [0.25, 0.3) is 0 Å². The number of carboxylic acid groups (broad SMARTS) is 1. The van der Waals surface area contributed by atoms with Crippen LogP contribution in [-0.4, -0.2) is 22.1 Å². The van der Waals surface area contributed by atoms with Crippen LogP contribution in [0.2, 0.25) is 5.15 Å². The Balaban J connectivity index is 2.43. The Bertz CT molecular complexity index is 536. The maximum absolute atomic E-state index is 10.7. The first-order chi connectivity index (χ1) is 7.59. The van der Waals surface area contributed by atoms with Crippen LogP contribution in [0.3, 0.4) is 0 Å². The molecule has 0 amide bonds. The number of nitrogens with two attached hydrogens (primary N) is 1. The van der Waals surface area contributed by atoms with Crippen molar-refractivity contribution >= 4 is 28.5 Å². The van der Waals surface area contributed by atoms with E-state index in [1.165, 1.54) is 0 Å². The molecule has 0 saturated carbocycles. The van der Waals surface area contributed by atoms with Crippen LogP contribution < -0.4 is 5.73 Å². The van der Waals surface area contributed by atoms with Crippen LogP contribution in [0.5, 0.6) is 0 Å². The molecule has 2 rings (SSSR count). The number of hydrogen-bond donors (Lipinski definition) is 3. The van der Waals surface area contributed by atoms with Crippen molar-refractivity contribution in [1.82, 2.24) is 4.98 Å². The number of carbonyl (C=O) groups is 1. The molecule has 0 saturated heterocycles. The topological polar surface area (TPSA) is 79.1 Å². The number of H-pyrrole nitrogens is 1. The highest BCUT2D eigenvalue weighted by atomic mass is 35.5. The number of carboxylic acids is 1. The van der Waals surface area contributed by atoms with Gasteiger partial charge in [-0.1, -0.05) is 29.8 Å². The van der Waals surface area contributed by atoms with Crippen LogP contribution in [0, 0.1) is 0 Å². The predicted octanol–water partition coefficient (Wildman–Crippen LogP) is 1.78. The van der Waals surface area contributed by atoms with Crippen LogP contribution in [0.15, 0.2) is 24.3 Å². The largest absolute Gasteiger partial charge is 0.480 e. The third kappa shape index (κ3) is 1.89. The number of aromatic nitrogens is 1. The summed E-state index contributed by atoms with van der Waals surface area (Å²) in [6, 6.07) is 6.61. The Kier molecular flexibility index (Phi) is 2.85. The van der Waals surface area contributed by atoms with Gasteiger partial charge in [-0.2, -0.15) is 0 Å². The molecule has 0 aliphatic heterocycles. The molecule has 1 aromatic carbocycles. The van der Waals surface area contributed by atoms with Crippen molar-refractivity contribution < 1.29 is 9.90 Å². The maximum Gasteiger partial charge on any atom is 0.320 e. The molecular weight excluding hydrogens is 228 g/mol. The van der Waals surface area contributed by atoms with Gasteiger partial charge in [0.1, 0.15) is 11.2 Å². The van der Waals surface area contributed by atoms with Gasteiger partial charge in [0.2, 0.25) is 0 Å². The molecule has 5 heteroatoms. The molecule has 0 bridgehead atoms. The number of aliphatic carboxylic acids is 1. The van der Waals surface area contributed by atoms with Crippen LogP contribution in [-0.2, 0) is 11.2 Å². The molecular formula is C11H11ClN2O2. The Morgan fingerprint density at radius 3 is 2.88 bits per heavy atom. The number of rotatable bonds is 3. The standard InChI is InChI=1S/C11H11ClN2O2/c12-10-7(5-8(13)11(15)16)6-3-1-2-4-9(6)14-10/h1-4,8,14H,5,13H2,(H,15,16)/t8-/m0/s1. The first-order valence-electron chi connectivity index (χ1n) is 4.83. The second kappa shape index (κ2) is 4.15. The lowest BCUT2D eigenvalue weighted by molar-refractivity contribution is -0.138. The molecule has 0 aliphatic rings. The maximum atomic E-state index is 10.7. The van der Waals surface area contributed by atoms with Crippen molar-refractivity contribution in [2.75, 3.05) is 0 Å². The fourth-order valence-electron chi connectivity index (χ4n) is 1.67. The molecule has 1 aromatic heterocycles. The molecule has 0 unspecified atom stereocenters. The van der Waals surface area contributed by atoms with Gasteiger partial charge in [-0.25, -0.2) is 0 Å². The van der Waals surface area contributed by atoms with Crippen molar-refractivity contribution in [3.8, 4) is 0 Å². The van der Waals surface area contributed by atoms with E-state index in [4.69, 9.17) is 22.4 Å². The van der Waals surface area contributed by atoms with Gasteiger partial charge in [-0.05, 0) is 11.6 Å². The second-order valence-electron chi connectivity index (χ2n) is 3.61. The highest BCUT2D eigenvalue weighted by molar-refractivity contribution is 6.31. The number of aromatic amines is 1. The third-order valence-corrected chi connectivity index (χ3v) is 2.83. The second-order valence-corrected chi connectivity index (χ2v) is 3.99. The van der Waals surface area contributed by atoms with Gasteiger partial charge in [0, 0.05) is 17.3 Å². The van der Waals surface area contributed by atoms with Crippen LogP contribution in [0.1, 0.15) is 5.56 Å². The smallest absolute Gasteiger partial charge is 0.320 e. The van der Waals surface area contributed by atoms with E-state index in [0.29, 0.717) is 5.15 Å². The van der Waals surface area contributed by atoms with E-state index in [0.717, 1.165) is 16.5 Å². The highest BCUT2D eigenvalue weighted by Gasteiger charge is 2.17. The monoisotopic (exact) mass is 238 g/mol. The van der Waals surface area contributed by atoms with Gasteiger partial charge < -0.3 is 15.8 Å². The fraction of sp³-hybridized carbons (Fsp3) is 0.182. The normalized spacial score (nSPS) is 12.9. The van der Waals surface area contributed by atoms with Gasteiger partial charge in [-0.15, -0.1) is 0 Å². The minimum Gasteiger partial charge on any atom is -0.480 e. The summed E-state index contributed by atoms with van der Waals surface area (Å²) in [6.45, 7) is 0. The fourth-order valence-corrected chi connectivity index (χ4v) is 1.95. The zero-order chi connectivity index (χ0) is 11.7. The molecule has 4 N–H and O–H groups in total. The number of fused-ring (bicyclic) bond motifs is 1. The Morgan fingerprint density at radius 1 is 1.50 bits per heavy atom. The van der Waals surface area contributed by atoms with Crippen molar-refractivity contribution in [2.24, 2.45) is 5.73 Å². The summed E-state index contributed by atoms with van der Waals surface area (Å²) >= 11 is 6.01. The number of nitrogens with one attached hydrogen (secondary N) is 1. The van der Waals surface area contributed by atoms with Gasteiger partial charge in [0.05, 0.1) is 0 Å². The molecule has 2 aromatic rings. The first-order valence-corrected chi connectivity index (χ1v) is 5.21. The zero-order valence-electron chi connectivity index (χ0n) is 8.40. The van der Waals surface area contributed by atoms with Crippen LogP contribution in [0.4, 0.5) is 0 Å². The van der Waals surface area contributed by atoms with E-state index >= 15 is 0 Å². The average molecular weight is 239 g/mol. The Morgan fingerprint density at radius 2 is 2.19 bits per heavy atom. The average Bonchev–Trinajstić information content (AvgIpc) is 2.55. The van der Waals surface area contributed by atoms with Gasteiger partial charge >= 0.3 is 5.97 Å². The number of para-hydroxylation sites is 1. The van der Waals surface area contributed by atoms with E-state index < -0.39 is 12.0 Å². The van der Waals surface area contributed by atoms with E-state index in [1.807, 2.05) is 24.3 Å². The summed E-state index contributed by atoms with van der Waals surface area (Å²) < 4.78 is 0. The minimum absolute atomic E-state index is 0.220. The Labute approximate surface area is 97.0 Å². The summed E-state index contributed by atoms with van der Waals surface area (Å²) in [6.07, 6.45) is 0.220. The number of benzene rings is 1. The predicted molar refractivity (Wildman–Crippen MR) is 62.6 cm³/mol. The molecule has 84 valence electrons. The Hall–Kier alpha value is -1.52. The molecule has 0 radical (unpaired) electrons. The zero-order valence-corrected chi connectivity index (χ0v) is 9.16. The lowest BCUT2D eigenvalue weighted by atomic mass is 10.1. The van der Waals surface area contributed by atoms with Crippen molar-refractivity contribution in [3.05, 3.63) is 35.0 Å². The minimum atomic E-state index is -1.03. The molecule has 16 heavy (non-hydrogen) atoms. The van der Waals surface area contributed by atoms with E-state index in [-0.39, 0.29) is 6.42 Å². The van der Waals surface area contributed by atoms with E-state index in [1.54, 1.807) is 0 Å². The third-order valence-electron chi connectivity index (χ3n) is 2.50. The highest BCUT2D eigenvalue weighted by Crippen LogP contribution is 2.26. The summed E-state index contributed by atoms with van der Waals surface area (Å²) in [5, 5.41) is 10.1. The molecule has 0 fully saturated rings. The molecule has 1 heterocycles. The van der Waals surface area contributed by atoms with Crippen molar-refractivity contribution in [2.45, 2.75) is 12.5 Å². The molecule has 1 atom stereocenters. The van der Waals surface area contributed by atoms with Gasteiger partial charge in [-0.3, -0.25) is 4.79 Å².